The maximum Gasteiger partial charge on any atom is 0.136 e. The van der Waals surface area contributed by atoms with Crippen molar-refractivity contribution in [2.75, 3.05) is 6.61 Å². The monoisotopic (exact) mass is 346 g/mol. The summed E-state index contributed by atoms with van der Waals surface area (Å²) in [4.78, 5) is 0. The van der Waals surface area contributed by atoms with Crippen molar-refractivity contribution in [2.24, 2.45) is 0 Å². The van der Waals surface area contributed by atoms with Gasteiger partial charge in [-0.1, -0.05) is 47.9 Å². The fourth-order valence-corrected chi connectivity index (χ4v) is 2.63. The van der Waals surface area contributed by atoms with Gasteiger partial charge in [0.2, 0.25) is 0 Å². The second-order valence-corrected chi connectivity index (χ2v) is 5.84. The van der Waals surface area contributed by atoms with Crippen LogP contribution in [0.5, 0.6) is 5.75 Å². The number of ether oxygens (including phenoxy) is 1. The third-order valence-corrected chi connectivity index (χ3v) is 4.06. The second-order valence-electron chi connectivity index (χ2n) is 5.84. The molecule has 0 aliphatic carbocycles. The van der Waals surface area contributed by atoms with Gasteiger partial charge < -0.3 is 4.74 Å². The first-order valence-corrected chi connectivity index (χ1v) is 8.66. The molecule has 0 saturated heterocycles. The average Bonchev–Trinajstić information content (AvgIpc) is 2.73. The SMILES string of the molecule is C#Cc1ccc(-c2ccc(C#Cc3ccc(C#C)cc3OCC)cc2)cc1. The molecule has 27 heavy (non-hydrogen) atoms. The third-order valence-electron chi connectivity index (χ3n) is 4.06. The number of benzene rings is 3. The summed E-state index contributed by atoms with van der Waals surface area (Å²) in [6, 6.07) is 21.7. The van der Waals surface area contributed by atoms with Crippen molar-refractivity contribution < 1.29 is 4.74 Å². The number of hydrogen-bond donors (Lipinski definition) is 0. The first kappa shape index (κ1) is 17.9. The molecule has 0 aromatic heterocycles. The molecule has 0 atom stereocenters. The summed E-state index contributed by atoms with van der Waals surface area (Å²) in [5.41, 5.74) is 5.66. The molecule has 1 heteroatoms. The lowest BCUT2D eigenvalue weighted by Gasteiger charge is -2.06. The lowest BCUT2D eigenvalue weighted by molar-refractivity contribution is 0.339. The van der Waals surface area contributed by atoms with Crippen molar-refractivity contribution in [3.8, 4) is 53.4 Å². The van der Waals surface area contributed by atoms with E-state index in [1.54, 1.807) is 0 Å². The Morgan fingerprint density at radius 3 is 1.81 bits per heavy atom. The Morgan fingerprint density at radius 2 is 1.26 bits per heavy atom. The molecule has 0 aliphatic rings. The van der Waals surface area contributed by atoms with E-state index in [-0.39, 0.29) is 0 Å². The molecule has 128 valence electrons. The fraction of sp³-hybridized carbons (Fsp3) is 0.0769. The van der Waals surface area contributed by atoms with E-state index in [0.29, 0.717) is 12.4 Å². The standard InChI is InChI=1S/C26H18O/c1-4-20-7-13-23(14-8-20)24-15-10-22(11-16-24)12-18-25-17-9-21(5-2)19-26(25)27-6-3/h1-2,7-11,13-17,19H,6H2,3H3. The predicted molar refractivity (Wildman–Crippen MR) is 111 cm³/mol. The van der Waals surface area contributed by atoms with Crippen molar-refractivity contribution in [3.63, 3.8) is 0 Å². The third kappa shape index (κ3) is 4.41. The van der Waals surface area contributed by atoms with Gasteiger partial charge in [0.05, 0.1) is 12.2 Å². The van der Waals surface area contributed by atoms with Crippen LogP contribution in [0.15, 0.2) is 66.7 Å². The summed E-state index contributed by atoms with van der Waals surface area (Å²) in [6.45, 7) is 2.50. The molecule has 0 saturated carbocycles. The zero-order valence-electron chi connectivity index (χ0n) is 15.1. The zero-order chi connectivity index (χ0) is 19.1. The molecule has 1 nitrogen and oxygen atoms in total. The van der Waals surface area contributed by atoms with Crippen LogP contribution >= 0.6 is 0 Å². The quantitative estimate of drug-likeness (QED) is 0.599. The van der Waals surface area contributed by atoms with Crippen molar-refractivity contribution in [3.05, 3.63) is 89.0 Å². The van der Waals surface area contributed by atoms with Crippen molar-refractivity contribution >= 4 is 0 Å². The first-order chi connectivity index (χ1) is 13.2. The molecule has 0 unspecified atom stereocenters. The minimum absolute atomic E-state index is 0.565. The maximum absolute atomic E-state index is 5.65. The van der Waals surface area contributed by atoms with E-state index in [2.05, 4.69) is 35.8 Å². The first-order valence-electron chi connectivity index (χ1n) is 8.66. The van der Waals surface area contributed by atoms with Crippen molar-refractivity contribution in [2.45, 2.75) is 6.92 Å². The van der Waals surface area contributed by atoms with Gasteiger partial charge in [-0.25, -0.2) is 0 Å². The summed E-state index contributed by atoms with van der Waals surface area (Å²) in [5, 5.41) is 0. The molecular formula is C26H18O. The van der Waals surface area contributed by atoms with Gasteiger partial charge in [-0.2, -0.15) is 0 Å². The van der Waals surface area contributed by atoms with Gasteiger partial charge >= 0.3 is 0 Å². The van der Waals surface area contributed by atoms with Crippen LogP contribution in [0, 0.1) is 36.5 Å². The fourth-order valence-electron chi connectivity index (χ4n) is 2.63. The molecule has 0 fully saturated rings. The van der Waals surface area contributed by atoms with E-state index in [9.17, 15) is 0 Å². The van der Waals surface area contributed by atoms with Gasteiger partial charge in [0.15, 0.2) is 0 Å². The van der Waals surface area contributed by atoms with Crippen molar-refractivity contribution in [1.29, 1.82) is 0 Å². The Bertz CT molecular complexity index is 1080. The van der Waals surface area contributed by atoms with Crippen LogP contribution in [0.2, 0.25) is 0 Å². The van der Waals surface area contributed by atoms with Crippen molar-refractivity contribution in [1.82, 2.24) is 0 Å². The number of terminal acetylenes is 2. The summed E-state index contributed by atoms with van der Waals surface area (Å²) in [5.74, 6) is 12.3. The molecule has 0 spiro atoms. The Hall–Kier alpha value is -3.86. The van der Waals surface area contributed by atoms with Crippen LogP contribution in [0.4, 0.5) is 0 Å². The Morgan fingerprint density at radius 1 is 0.704 bits per heavy atom. The van der Waals surface area contributed by atoms with E-state index in [0.717, 1.165) is 33.4 Å². The molecule has 0 amide bonds. The maximum atomic E-state index is 5.65. The molecule has 0 radical (unpaired) electrons. The molecule has 3 rings (SSSR count). The summed E-state index contributed by atoms with van der Waals surface area (Å²) < 4.78 is 5.65. The highest BCUT2D eigenvalue weighted by Crippen LogP contribution is 2.21. The molecule has 3 aromatic rings. The van der Waals surface area contributed by atoms with Gasteiger partial charge in [-0.3, -0.25) is 0 Å². The Kier molecular flexibility index (Phi) is 5.64. The second kappa shape index (κ2) is 8.49. The molecule has 0 bridgehead atoms. The normalized spacial score (nSPS) is 9.44. The smallest absolute Gasteiger partial charge is 0.136 e. The van der Waals surface area contributed by atoms with Crippen LogP contribution in [-0.2, 0) is 0 Å². The van der Waals surface area contributed by atoms with Crippen LogP contribution in [0.3, 0.4) is 0 Å². The largest absolute Gasteiger partial charge is 0.493 e. The Balaban J connectivity index is 1.84. The number of rotatable bonds is 3. The van der Waals surface area contributed by atoms with E-state index < -0.39 is 0 Å². The summed E-state index contributed by atoms with van der Waals surface area (Å²) >= 11 is 0. The molecule has 0 N–H and O–H groups in total. The van der Waals surface area contributed by atoms with Gasteiger partial charge in [0.25, 0.3) is 0 Å². The lowest BCUT2D eigenvalue weighted by atomic mass is 10.0. The Labute approximate surface area is 161 Å². The highest BCUT2D eigenvalue weighted by Gasteiger charge is 2.02. The van der Waals surface area contributed by atoms with E-state index in [1.165, 1.54) is 0 Å². The van der Waals surface area contributed by atoms with Crippen LogP contribution in [-0.4, -0.2) is 6.61 Å². The van der Waals surface area contributed by atoms with Gasteiger partial charge in [0.1, 0.15) is 5.75 Å². The summed E-state index contributed by atoms with van der Waals surface area (Å²) in [7, 11) is 0. The molecule has 0 heterocycles. The molecular weight excluding hydrogens is 328 g/mol. The van der Waals surface area contributed by atoms with E-state index in [4.69, 9.17) is 17.6 Å². The highest BCUT2D eigenvalue weighted by atomic mass is 16.5. The summed E-state index contributed by atoms with van der Waals surface area (Å²) in [6.07, 6.45) is 10.9. The molecule has 3 aromatic carbocycles. The average molecular weight is 346 g/mol. The minimum Gasteiger partial charge on any atom is -0.493 e. The van der Waals surface area contributed by atoms with Gasteiger partial charge in [0, 0.05) is 16.7 Å². The highest BCUT2D eigenvalue weighted by molar-refractivity contribution is 5.65. The van der Waals surface area contributed by atoms with Gasteiger partial charge in [-0.05, 0) is 60.5 Å². The topological polar surface area (TPSA) is 9.23 Å². The van der Waals surface area contributed by atoms with Crippen LogP contribution in [0.1, 0.15) is 29.2 Å². The van der Waals surface area contributed by atoms with Crippen LogP contribution < -0.4 is 4.74 Å². The van der Waals surface area contributed by atoms with E-state index >= 15 is 0 Å². The molecule has 0 aliphatic heterocycles. The minimum atomic E-state index is 0.565. The van der Waals surface area contributed by atoms with Gasteiger partial charge in [-0.15, -0.1) is 12.8 Å². The van der Waals surface area contributed by atoms with Crippen LogP contribution in [0.25, 0.3) is 11.1 Å². The predicted octanol–water partition coefficient (Wildman–Crippen LogP) is 5.11. The zero-order valence-corrected chi connectivity index (χ0v) is 15.1. The number of hydrogen-bond acceptors (Lipinski definition) is 1. The lowest BCUT2D eigenvalue weighted by Crippen LogP contribution is -1.95. The van der Waals surface area contributed by atoms with E-state index in [1.807, 2.05) is 61.5 Å².